The molecule has 3 aromatic rings. The van der Waals surface area contributed by atoms with Crippen LogP contribution in [-0.4, -0.2) is 9.78 Å². The molecule has 0 aliphatic carbocycles. The van der Waals surface area contributed by atoms with Gasteiger partial charge in [-0.1, -0.05) is 67.1 Å². The van der Waals surface area contributed by atoms with E-state index in [-0.39, 0.29) is 5.56 Å². The van der Waals surface area contributed by atoms with E-state index >= 15 is 0 Å². The van der Waals surface area contributed by atoms with Gasteiger partial charge >= 0.3 is 0 Å². The molecule has 112 valence electrons. The van der Waals surface area contributed by atoms with Crippen LogP contribution in [0.3, 0.4) is 0 Å². The number of aryl methyl sites for hydroxylation is 2. The third kappa shape index (κ3) is 2.62. The Labute approximate surface area is 130 Å². The van der Waals surface area contributed by atoms with Crippen molar-refractivity contribution in [3.05, 3.63) is 70.5 Å². The van der Waals surface area contributed by atoms with Crippen LogP contribution in [-0.2, 0) is 6.54 Å². The molecule has 0 saturated carbocycles. The number of aromatic amines is 1. The van der Waals surface area contributed by atoms with Gasteiger partial charge in [0.1, 0.15) is 0 Å². The molecule has 22 heavy (non-hydrogen) atoms. The molecule has 0 atom stereocenters. The smallest absolute Gasteiger partial charge is 0.274 e. The standard InChI is InChI=1S/C19H20N2O/c1-3-13-21-19(22)17(15-7-5-4-6-8-15)18(20-21)16-11-9-14(2)10-12-16/h4-12,20H,3,13H2,1-2H3. The summed E-state index contributed by atoms with van der Waals surface area (Å²) in [7, 11) is 0. The van der Waals surface area contributed by atoms with Crippen LogP contribution < -0.4 is 5.56 Å². The molecule has 3 rings (SSSR count). The van der Waals surface area contributed by atoms with Crippen molar-refractivity contribution in [2.75, 3.05) is 0 Å². The van der Waals surface area contributed by atoms with Gasteiger partial charge in [-0.2, -0.15) is 0 Å². The summed E-state index contributed by atoms with van der Waals surface area (Å²) in [6.45, 7) is 4.83. The van der Waals surface area contributed by atoms with Gasteiger partial charge in [-0.3, -0.25) is 14.6 Å². The lowest BCUT2D eigenvalue weighted by molar-refractivity contribution is 0.587. The van der Waals surface area contributed by atoms with Gasteiger partial charge < -0.3 is 0 Å². The highest BCUT2D eigenvalue weighted by molar-refractivity contribution is 5.80. The highest BCUT2D eigenvalue weighted by atomic mass is 16.1. The quantitative estimate of drug-likeness (QED) is 0.767. The number of H-pyrrole nitrogens is 1. The number of rotatable bonds is 4. The topological polar surface area (TPSA) is 37.8 Å². The Morgan fingerprint density at radius 3 is 2.27 bits per heavy atom. The van der Waals surface area contributed by atoms with Gasteiger partial charge in [-0.15, -0.1) is 0 Å². The van der Waals surface area contributed by atoms with Crippen molar-refractivity contribution in [3.8, 4) is 22.4 Å². The summed E-state index contributed by atoms with van der Waals surface area (Å²) in [6, 6.07) is 18.1. The van der Waals surface area contributed by atoms with Crippen LogP contribution in [0.25, 0.3) is 22.4 Å². The molecule has 0 amide bonds. The molecular formula is C19H20N2O. The number of hydrogen-bond acceptors (Lipinski definition) is 1. The molecule has 0 aliphatic rings. The molecule has 0 radical (unpaired) electrons. The summed E-state index contributed by atoms with van der Waals surface area (Å²) in [4.78, 5) is 12.8. The lowest BCUT2D eigenvalue weighted by Gasteiger charge is -2.03. The minimum atomic E-state index is 0.0450. The first kappa shape index (κ1) is 14.4. The number of nitrogens with zero attached hydrogens (tertiary/aromatic N) is 1. The summed E-state index contributed by atoms with van der Waals surface area (Å²) in [5.74, 6) is 0. The van der Waals surface area contributed by atoms with Crippen molar-refractivity contribution < 1.29 is 0 Å². The predicted molar refractivity (Wildman–Crippen MR) is 91.0 cm³/mol. The van der Waals surface area contributed by atoms with Crippen LogP contribution in [0.2, 0.25) is 0 Å². The fourth-order valence-corrected chi connectivity index (χ4v) is 2.67. The van der Waals surface area contributed by atoms with Gasteiger partial charge in [0.05, 0.1) is 11.3 Å². The molecule has 0 spiro atoms. The number of benzene rings is 2. The lowest BCUT2D eigenvalue weighted by Crippen LogP contribution is -2.17. The van der Waals surface area contributed by atoms with Crippen LogP contribution in [0.15, 0.2) is 59.4 Å². The molecule has 1 aromatic heterocycles. The number of aromatic nitrogens is 2. The highest BCUT2D eigenvalue weighted by Crippen LogP contribution is 2.28. The fourth-order valence-electron chi connectivity index (χ4n) is 2.67. The third-order valence-electron chi connectivity index (χ3n) is 3.81. The summed E-state index contributed by atoms with van der Waals surface area (Å²) in [5, 5.41) is 3.29. The zero-order valence-corrected chi connectivity index (χ0v) is 13.0. The van der Waals surface area contributed by atoms with E-state index in [9.17, 15) is 4.79 Å². The molecule has 0 bridgehead atoms. The molecule has 1 heterocycles. The van der Waals surface area contributed by atoms with Crippen molar-refractivity contribution in [2.24, 2.45) is 0 Å². The van der Waals surface area contributed by atoms with Crippen LogP contribution in [0.5, 0.6) is 0 Å². The van der Waals surface area contributed by atoms with Gasteiger partial charge in [0.15, 0.2) is 0 Å². The first-order chi connectivity index (χ1) is 10.7. The van der Waals surface area contributed by atoms with Crippen molar-refractivity contribution in [2.45, 2.75) is 26.8 Å². The van der Waals surface area contributed by atoms with Crippen LogP contribution in [0.4, 0.5) is 0 Å². The second-order valence-electron chi connectivity index (χ2n) is 5.55. The Bertz CT molecular complexity index is 811. The van der Waals surface area contributed by atoms with E-state index in [0.29, 0.717) is 6.54 Å². The molecule has 3 nitrogen and oxygen atoms in total. The molecule has 1 N–H and O–H groups in total. The summed E-state index contributed by atoms with van der Waals surface area (Å²) in [6.07, 6.45) is 0.919. The summed E-state index contributed by atoms with van der Waals surface area (Å²) < 4.78 is 1.71. The number of nitrogens with one attached hydrogen (secondary N) is 1. The zero-order chi connectivity index (χ0) is 15.5. The molecule has 2 aromatic carbocycles. The van der Waals surface area contributed by atoms with Crippen molar-refractivity contribution in [1.82, 2.24) is 9.78 Å². The molecule has 0 saturated heterocycles. The first-order valence-electron chi connectivity index (χ1n) is 7.66. The third-order valence-corrected chi connectivity index (χ3v) is 3.81. The average Bonchev–Trinajstić information content (AvgIpc) is 2.86. The van der Waals surface area contributed by atoms with Crippen LogP contribution in [0, 0.1) is 6.92 Å². The van der Waals surface area contributed by atoms with Crippen LogP contribution >= 0.6 is 0 Å². The Kier molecular flexibility index (Phi) is 3.96. The lowest BCUT2D eigenvalue weighted by atomic mass is 10.0. The largest absolute Gasteiger partial charge is 0.294 e. The maximum atomic E-state index is 12.8. The highest BCUT2D eigenvalue weighted by Gasteiger charge is 2.16. The Morgan fingerprint density at radius 1 is 0.955 bits per heavy atom. The van der Waals surface area contributed by atoms with E-state index in [4.69, 9.17) is 0 Å². The molecule has 0 fully saturated rings. The zero-order valence-electron chi connectivity index (χ0n) is 13.0. The fraction of sp³-hybridized carbons (Fsp3) is 0.211. The van der Waals surface area contributed by atoms with Crippen molar-refractivity contribution in [3.63, 3.8) is 0 Å². The van der Waals surface area contributed by atoms with Crippen LogP contribution in [0.1, 0.15) is 18.9 Å². The van der Waals surface area contributed by atoms with E-state index in [1.165, 1.54) is 5.56 Å². The van der Waals surface area contributed by atoms with Crippen molar-refractivity contribution in [1.29, 1.82) is 0 Å². The van der Waals surface area contributed by atoms with E-state index in [1.807, 2.05) is 30.3 Å². The first-order valence-corrected chi connectivity index (χ1v) is 7.66. The summed E-state index contributed by atoms with van der Waals surface area (Å²) >= 11 is 0. The van der Waals surface area contributed by atoms with Gasteiger partial charge in [-0.05, 0) is 18.9 Å². The summed E-state index contributed by atoms with van der Waals surface area (Å²) in [5.41, 5.74) is 4.89. The van der Waals surface area contributed by atoms with E-state index < -0.39 is 0 Å². The number of hydrogen-bond donors (Lipinski definition) is 1. The minimum absolute atomic E-state index is 0.0450. The Hall–Kier alpha value is -2.55. The minimum Gasteiger partial charge on any atom is -0.294 e. The average molecular weight is 292 g/mol. The molecular weight excluding hydrogens is 272 g/mol. The second-order valence-corrected chi connectivity index (χ2v) is 5.55. The SMILES string of the molecule is CCCn1[nH]c(-c2ccc(C)cc2)c(-c2ccccc2)c1=O. The Balaban J connectivity index is 2.22. The maximum Gasteiger partial charge on any atom is 0.274 e. The molecule has 0 unspecified atom stereocenters. The normalized spacial score (nSPS) is 10.8. The van der Waals surface area contributed by atoms with Crippen molar-refractivity contribution >= 4 is 0 Å². The monoisotopic (exact) mass is 292 g/mol. The van der Waals surface area contributed by atoms with Gasteiger partial charge in [0, 0.05) is 12.1 Å². The van der Waals surface area contributed by atoms with E-state index in [1.54, 1.807) is 4.68 Å². The van der Waals surface area contributed by atoms with Gasteiger partial charge in [0.25, 0.3) is 5.56 Å². The Morgan fingerprint density at radius 2 is 1.64 bits per heavy atom. The van der Waals surface area contributed by atoms with Gasteiger partial charge in [0.2, 0.25) is 0 Å². The van der Waals surface area contributed by atoms with Gasteiger partial charge in [-0.25, -0.2) is 0 Å². The van der Waals surface area contributed by atoms with E-state index in [2.05, 4.69) is 43.2 Å². The maximum absolute atomic E-state index is 12.8. The molecule has 3 heteroatoms. The molecule has 0 aliphatic heterocycles. The van der Waals surface area contributed by atoms with E-state index in [0.717, 1.165) is 28.8 Å². The predicted octanol–water partition coefficient (Wildman–Crippen LogP) is 4.23. The second kappa shape index (κ2) is 6.06.